The standard InChI is InChI=1S/C13H19NO5/c1-8(2)18-4-5-19-12-6-9(13(15)16)10(14)7-11(12)17-3/h6-8H,4-5,14H2,1-3H3,(H,15,16). The van der Waals surface area contributed by atoms with Crippen molar-refractivity contribution >= 4 is 11.7 Å². The molecule has 0 heterocycles. The third-order valence-corrected chi connectivity index (χ3v) is 2.36. The SMILES string of the molecule is COc1cc(N)c(C(=O)O)cc1OCCOC(C)C. The number of rotatable bonds is 7. The highest BCUT2D eigenvalue weighted by Gasteiger charge is 2.14. The number of ether oxygens (including phenoxy) is 3. The van der Waals surface area contributed by atoms with Crippen molar-refractivity contribution in [1.82, 2.24) is 0 Å². The number of benzene rings is 1. The summed E-state index contributed by atoms with van der Waals surface area (Å²) in [6.45, 7) is 4.56. The molecule has 0 bridgehead atoms. The van der Waals surface area contributed by atoms with Crippen molar-refractivity contribution in [3.8, 4) is 11.5 Å². The van der Waals surface area contributed by atoms with Gasteiger partial charge >= 0.3 is 5.97 Å². The molecule has 0 aliphatic rings. The average Bonchev–Trinajstić information content (AvgIpc) is 2.34. The number of anilines is 1. The molecule has 0 aliphatic carbocycles. The normalized spacial score (nSPS) is 10.5. The summed E-state index contributed by atoms with van der Waals surface area (Å²) in [5, 5.41) is 9.00. The number of carboxylic acids is 1. The Bertz CT molecular complexity index is 445. The Kier molecular flexibility index (Phi) is 5.44. The maximum absolute atomic E-state index is 11.0. The van der Waals surface area contributed by atoms with Crippen LogP contribution in [0.5, 0.6) is 11.5 Å². The van der Waals surface area contributed by atoms with Crippen LogP contribution in [0.2, 0.25) is 0 Å². The summed E-state index contributed by atoms with van der Waals surface area (Å²) in [7, 11) is 1.46. The largest absolute Gasteiger partial charge is 0.493 e. The van der Waals surface area contributed by atoms with Crippen molar-refractivity contribution in [2.75, 3.05) is 26.1 Å². The predicted molar refractivity (Wildman–Crippen MR) is 70.9 cm³/mol. The van der Waals surface area contributed by atoms with Gasteiger partial charge in [-0.1, -0.05) is 0 Å². The molecule has 106 valence electrons. The molecule has 0 aliphatic heterocycles. The molecule has 0 spiro atoms. The molecule has 0 radical (unpaired) electrons. The molecule has 0 fully saturated rings. The van der Waals surface area contributed by atoms with E-state index in [-0.39, 0.29) is 17.4 Å². The van der Waals surface area contributed by atoms with E-state index in [1.807, 2.05) is 13.8 Å². The van der Waals surface area contributed by atoms with Gasteiger partial charge in [0.25, 0.3) is 0 Å². The Morgan fingerprint density at radius 1 is 1.32 bits per heavy atom. The van der Waals surface area contributed by atoms with Crippen molar-refractivity contribution in [3.63, 3.8) is 0 Å². The van der Waals surface area contributed by atoms with Gasteiger partial charge < -0.3 is 25.1 Å². The first-order valence-corrected chi connectivity index (χ1v) is 5.91. The second-order valence-corrected chi connectivity index (χ2v) is 4.16. The van der Waals surface area contributed by atoms with Crippen LogP contribution < -0.4 is 15.2 Å². The highest BCUT2D eigenvalue weighted by atomic mass is 16.5. The van der Waals surface area contributed by atoms with Crippen molar-refractivity contribution in [1.29, 1.82) is 0 Å². The number of nitrogens with two attached hydrogens (primary N) is 1. The van der Waals surface area contributed by atoms with Gasteiger partial charge in [0.15, 0.2) is 11.5 Å². The van der Waals surface area contributed by atoms with E-state index in [0.29, 0.717) is 24.7 Å². The molecule has 1 aromatic carbocycles. The van der Waals surface area contributed by atoms with Gasteiger partial charge in [-0.05, 0) is 13.8 Å². The molecule has 19 heavy (non-hydrogen) atoms. The molecule has 0 unspecified atom stereocenters. The van der Waals surface area contributed by atoms with E-state index >= 15 is 0 Å². The Morgan fingerprint density at radius 3 is 2.53 bits per heavy atom. The molecular formula is C13H19NO5. The van der Waals surface area contributed by atoms with Gasteiger partial charge in [0.05, 0.1) is 31.1 Å². The van der Waals surface area contributed by atoms with Crippen LogP contribution in [0.25, 0.3) is 0 Å². The van der Waals surface area contributed by atoms with Crippen LogP contribution in [0.15, 0.2) is 12.1 Å². The maximum atomic E-state index is 11.0. The van der Waals surface area contributed by atoms with Crippen LogP contribution in [0, 0.1) is 0 Å². The van der Waals surface area contributed by atoms with Crippen molar-refractivity contribution in [2.24, 2.45) is 0 Å². The second kappa shape index (κ2) is 6.84. The number of hydrogen-bond donors (Lipinski definition) is 2. The highest BCUT2D eigenvalue weighted by molar-refractivity contribution is 5.94. The maximum Gasteiger partial charge on any atom is 0.337 e. The van der Waals surface area contributed by atoms with Crippen molar-refractivity contribution in [3.05, 3.63) is 17.7 Å². The highest BCUT2D eigenvalue weighted by Crippen LogP contribution is 2.32. The van der Waals surface area contributed by atoms with Gasteiger partial charge in [-0.3, -0.25) is 0 Å². The van der Waals surface area contributed by atoms with Crippen LogP contribution in [-0.4, -0.2) is 37.5 Å². The number of carboxylic acid groups (broad SMARTS) is 1. The molecule has 0 aromatic heterocycles. The molecule has 6 nitrogen and oxygen atoms in total. The summed E-state index contributed by atoms with van der Waals surface area (Å²) < 4.78 is 15.9. The molecule has 3 N–H and O–H groups in total. The Labute approximate surface area is 112 Å². The van der Waals surface area contributed by atoms with Gasteiger partial charge in [0, 0.05) is 12.1 Å². The van der Waals surface area contributed by atoms with Gasteiger partial charge in [-0.15, -0.1) is 0 Å². The zero-order valence-electron chi connectivity index (χ0n) is 11.3. The van der Waals surface area contributed by atoms with Crippen LogP contribution in [-0.2, 0) is 4.74 Å². The number of carbonyl (C=O) groups is 1. The lowest BCUT2D eigenvalue weighted by Gasteiger charge is -2.13. The van der Waals surface area contributed by atoms with E-state index in [2.05, 4.69) is 0 Å². The Hall–Kier alpha value is -1.95. The van der Waals surface area contributed by atoms with Crippen molar-refractivity contribution in [2.45, 2.75) is 20.0 Å². The smallest absolute Gasteiger partial charge is 0.337 e. The van der Waals surface area contributed by atoms with Crippen LogP contribution >= 0.6 is 0 Å². The van der Waals surface area contributed by atoms with E-state index in [9.17, 15) is 4.79 Å². The van der Waals surface area contributed by atoms with E-state index < -0.39 is 5.97 Å². The summed E-state index contributed by atoms with van der Waals surface area (Å²) in [4.78, 5) is 11.0. The summed E-state index contributed by atoms with van der Waals surface area (Å²) in [5.74, 6) is -0.378. The molecule has 6 heteroatoms. The minimum absolute atomic E-state index is 0.0134. The van der Waals surface area contributed by atoms with E-state index in [0.717, 1.165) is 0 Å². The predicted octanol–water partition coefficient (Wildman–Crippen LogP) is 1.78. The Balaban J connectivity index is 2.80. The minimum atomic E-state index is -1.11. The summed E-state index contributed by atoms with van der Waals surface area (Å²) >= 11 is 0. The van der Waals surface area contributed by atoms with Gasteiger partial charge in [0.1, 0.15) is 6.61 Å². The summed E-state index contributed by atoms with van der Waals surface area (Å²) in [6.07, 6.45) is 0.117. The lowest BCUT2D eigenvalue weighted by atomic mass is 10.1. The van der Waals surface area contributed by atoms with Crippen LogP contribution in [0.3, 0.4) is 0 Å². The molecule has 0 saturated heterocycles. The zero-order valence-corrected chi connectivity index (χ0v) is 11.3. The quantitative estimate of drug-likeness (QED) is 0.579. The molecule has 1 rings (SSSR count). The second-order valence-electron chi connectivity index (χ2n) is 4.16. The monoisotopic (exact) mass is 269 g/mol. The molecule has 0 amide bonds. The molecule has 1 aromatic rings. The number of nitrogen functional groups attached to an aromatic ring is 1. The zero-order chi connectivity index (χ0) is 14.4. The first-order chi connectivity index (χ1) is 8.95. The molecule has 0 saturated carbocycles. The lowest BCUT2D eigenvalue weighted by Crippen LogP contribution is -2.12. The lowest BCUT2D eigenvalue weighted by molar-refractivity contribution is 0.0546. The average molecular weight is 269 g/mol. The fraction of sp³-hybridized carbons (Fsp3) is 0.462. The van der Waals surface area contributed by atoms with Gasteiger partial charge in [-0.25, -0.2) is 4.79 Å². The van der Waals surface area contributed by atoms with Crippen LogP contribution in [0.1, 0.15) is 24.2 Å². The number of methoxy groups -OCH3 is 1. The van der Waals surface area contributed by atoms with E-state index in [1.165, 1.54) is 19.2 Å². The minimum Gasteiger partial charge on any atom is -0.493 e. The van der Waals surface area contributed by atoms with Crippen LogP contribution in [0.4, 0.5) is 5.69 Å². The Morgan fingerprint density at radius 2 is 2.00 bits per heavy atom. The summed E-state index contributed by atoms with van der Waals surface area (Å²) in [5.41, 5.74) is 5.74. The van der Waals surface area contributed by atoms with E-state index in [1.54, 1.807) is 0 Å². The first-order valence-electron chi connectivity index (χ1n) is 5.91. The van der Waals surface area contributed by atoms with Gasteiger partial charge in [-0.2, -0.15) is 0 Å². The molecule has 0 atom stereocenters. The fourth-order valence-corrected chi connectivity index (χ4v) is 1.47. The summed E-state index contributed by atoms with van der Waals surface area (Å²) in [6, 6.07) is 2.79. The number of aromatic carboxylic acids is 1. The van der Waals surface area contributed by atoms with Crippen molar-refractivity contribution < 1.29 is 24.1 Å². The third-order valence-electron chi connectivity index (χ3n) is 2.36. The first kappa shape index (κ1) is 15.1. The fourth-order valence-electron chi connectivity index (χ4n) is 1.47. The topological polar surface area (TPSA) is 91.0 Å². The third kappa shape index (κ3) is 4.33. The van der Waals surface area contributed by atoms with E-state index in [4.69, 9.17) is 25.1 Å². The molecular weight excluding hydrogens is 250 g/mol. The number of hydrogen-bond acceptors (Lipinski definition) is 5. The van der Waals surface area contributed by atoms with Gasteiger partial charge in [0.2, 0.25) is 0 Å².